The highest BCUT2D eigenvalue weighted by Gasteiger charge is 2.56. The standard InChI is InChI=1S/C12H15NO/c13-8-9-7-12(9)5-6-14-11-4-2-1-3-10(11)12/h1-4,9H,5-8,13H2/t9-,12-/m0/s1. The van der Waals surface area contributed by atoms with E-state index in [9.17, 15) is 0 Å². The molecule has 1 heterocycles. The van der Waals surface area contributed by atoms with Crippen molar-refractivity contribution >= 4 is 0 Å². The van der Waals surface area contributed by atoms with Crippen LogP contribution in [0.15, 0.2) is 24.3 Å². The van der Waals surface area contributed by atoms with Gasteiger partial charge in [0.1, 0.15) is 5.75 Å². The van der Waals surface area contributed by atoms with Crippen molar-refractivity contribution in [2.45, 2.75) is 18.3 Å². The Bertz CT molecular complexity index is 363. The van der Waals surface area contributed by atoms with Crippen LogP contribution >= 0.6 is 0 Å². The first kappa shape index (κ1) is 8.30. The van der Waals surface area contributed by atoms with Crippen molar-refractivity contribution in [1.29, 1.82) is 0 Å². The van der Waals surface area contributed by atoms with Crippen molar-refractivity contribution in [1.82, 2.24) is 0 Å². The van der Waals surface area contributed by atoms with Crippen molar-refractivity contribution in [2.24, 2.45) is 11.7 Å². The lowest BCUT2D eigenvalue weighted by atomic mass is 9.87. The normalized spacial score (nSPS) is 33.6. The molecule has 0 saturated heterocycles. The lowest BCUT2D eigenvalue weighted by Gasteiger charge is -2.26. The van der Waals surface area contributed by atoms with Gasteiger partial charge in [-0.3, -0.25) is 0 Å². The first-order valence-electron chi connectivity index (χ1n) is 5.29. The fraction of sp³-hybridized carbons (Fsp3) is 0.500. The zero-order valence-corrected chi connectivity index (χ0v) is 8.20. The molecule has 2 nitrogen and oxygen atoms in total. The van der Waals surface area contributed by atoms with E-state index in [1.807, 2.05) is 6.07 Å². The van der Waals surface area contributed by atoms with Crippen LogP contribution in [0.1, 0.15) is 18.4 Å². The van der Waals surface area contributed by atoms with Crippen molar-refractivity contribution in [3.05, 3.63) is 29.8 Å². The predicted molar refractivity (Wildman–Crippen MR) is 55.4 cm³/mol. The minimum Gasteiger partial charge on any atom is -0.493 e. The average Bonchev–Trinajstić information content (AvgIpc) is 2.94. The van der Waals surface area contributed by atoms with Crippen LogP contribution in [0.4, 0.5) is 0 Å². The fourth-order valence-electron chi connectivity index (χ4n) is 2.81. The quantitative estimate of drug-likeness (QED) is 0.729. The molecule has 14 heavy (non-hydrogen) atoms. The number of ether oxygens (including phenoxy) is 1. The van der Waals surface area contributed by atoms with Gasteiger partial charge in [0.15, 0.2) is 0 Å². The average molecular weight is 189 g/mol. The third kappa shape index (κ3) is 0.947. The van der Waals surface area contributed by atoms with Gasteiger partial charge in [-0.1, -0.05) is 18.2 Å². The summed E-state index contributed by atoms with van der Waals surface area (Å²) in [5.74, 6) is 1.77. The molecule has 2 N–H and O–H groups in total. The maximum atomic E-state index is 5.76. The molecular formula is C12H15NO. The van der Waals surface area contributed by atoms with Gasteiger partial charge in [0.25, 0.3) is 0 Å². The Morgan fingerprint density at radius 3 is 3.07 bits per heavy atom. The lowest BCUT2D eigenvalue weighted by Crippen LogP contribution is -2.23. The molecule has 2 aliphatic rings. The molecule has 1 aromatic rings. The van der Waals surface area contributed by atoms with Gasteiger partial charge in [-0.05, 0) is 31.4 Å². The lowest BCUT2D eigenvalue weighted by molar-refractivity contribution is 0.254. The van der Waals surface area contributed by atoms with Crippen molar-refractivity contribution in [3.8, 4) is 5.75 Å². The Balaban J connectivity index is 2.05. The highest BCUT2D eigenvalue weighted by Crippen LogP contribution is 2.59. The van der Waals surface area contributed by atoms with E-state index >= 15 is 0 Å². The Morgan fingerprint density at radius 1 is 1.43 bits per heavy atom. The molecule has 3 rings (SSSR count). The number of benzene rings is 1. The zero-order chi connectivity index (χ0) is 9.60. The van der Waals surface area contributed by atoms with E-state index in [2.05, 4.69) is 18.2 Å². The third-order valence-electron chi connectivity index (χ3n) is 3.75. The second-order valence-electron chi connectivity index (χ2n) is 4.39. The van der Waals surface area contributed by atoms with Crippen LogP contribution in [0.2, 0.25) is 0 Å². The smallest absolute Gasteiger partial charge is 0.123 e. The summed E-state index contributed by atoms with van der Waals surface area (Å²) in [7, 11) is 0. The molecule has 2 atom stereocenters. The maximum absolute atomic E-state index is 5.76. The summed E-state index contributed by atoms with van der Waals surface area (Å²) in [4.78, 5) is 0. The summed E-state index contributed by atoms with van der Waals surface area (Å²) in [6.07, 6.45) is 2.40. The van der Waals surface area contributed by atoms with E-state index in [0.717, 1.165) is 25.3 Å². The molecule has 0 amide bonds. The molecule has 1 aliphatic carbocycles. The second kappa shape index (κ2) is 2.74. The molecule has 0 radical (unpaired) electrons. The molecule has 1 saturated carbocycles. The van der Waals surface area contributed by atoms with E-state index in [4.69, 9.17) is 10.5 Å². The van der Waals surface area contributed by atoms with Crippen LogP contribution in [-0.2, 0) is 5.41 Å². The van der Waals surface area contributed by atoms with Crippen LogP contribution < -0.4 is 10.5 Å². The molecule has 0 unspecified atom stereocenters. The van der Waals surface area contributed by atoms with E-state index in [-0.39, 0.29) is 0 Å². The Labute approximate surface area is 84.1 Å². The predicted octanol–water partition coefficient (Wildman–Crippen LogP) is 1.69. The highest BCUT2D eigenvalue weighted by atomic mass is 16.5. The molecule has 1 aliphatic heterocycles. The van der Waals surface area contributed by atoms with Gasteiger partial charge in [-0.2, -0.15) is 0 Å². The van der Waals surface area contributed by atoms with Crippen LogP contribution in [0, 0.1) is 5.92 Å². The second-order valence-corrected chi connectivity index (χ2v) is 4.39. The van der Waals surface area contributed by atoms with Gasteiger partial charge in [-0.15, -0.1) is 0 Å². The minimum absolute atomic E-state index is 0.379. The topological polar surface area (TPSA) is 35.2 Å². The number of para-hydroxylation sites is 1. The van der Waals surface area contributed by atoms with Crippen LogP contribution in [0.5, 0.6) is 5.75 Å². The van der Waals surface area contributed by atoms with E-state index in [1.54, 1.807) is 0 Å². The van der Waals surface area contributed by atoms with Gasteiger partial charge in [0.2, 0.25) is 0 Å². The Morgan fingerprint density at radius 2 is 2.29 bits per heavy atom. The van der Waals surface area contributed by atoms with Crippen molar-refractivity contribution in [3.63, 3.8) is 0 Å². The fourth-order valence-corrected chi connectivity index (χ4v) is 2.81. The van der Waals surface area contributed by atoms with Gasteiger partial charge in [0.05, 0.1) is 6.61 Å². The highest BCUT2D eigenvalue weighted by molar-refractivity contribution is 5.46. The SMILES string of the molecule is NC[C@@H]1C[C@@]12CCOc1ccccc12. The Kier molecular flexibility index (Phi) is 1.62. The molecule has 74 valence electrons. The van der Waals surface area contributed by atoms with E-state index in [0.29, 0.717) is 11.3 Å². The van der Waals surface area contributed by atoms with Crippen LogP contribution in [0.3, 0.4) is 0 Å². The number of hydrogen-bond donors (Lipinski definition) is 1. The van der Waals surface area contributed by atoms with Crippen molar-refractivity contribution in [2.75, 3.05) is 13.2 Å². The number of fused-ring (bicyclic) bond motifs is 2. The third-order valence-corrected chi connectivity index (χ3v) is 3.75. The molecule has 1 spiro atoms. The molecule has 0 aromatic heterocycles. The molecule has 1 fully saturated rings. The van der Waals surface area contributed by atoms with Gasteiger partial charge >= 0.3 is 0 Å². The number of nitrogens with two attached hydrogens (primary N) is 1. The van der Waals surface area contributed by atoms with Gasteiger partial charge in [-0.25, -0.2) is 0 Å². The van der Waals surface area contributed by atoms with Gasteiger partial charge < -0.3 is 10.5 Å². The van der Waals surface area contributed by atoms with E-state index < -0.39 is 0 Å². The summed E-state index contributed by atoms with van der Waals surface area (Å²) in [5.41, 5.74) is 7.52. The van der Waals surface area contributed by atoms with Crippen LogP contribution in [0.25, 0.3) is 0 Å². The molecular weight excluding hydrogens is 174 g/mol. The molecule has 1 aromatic carbocycles. The molecule has 2 heteroatoms. The van der Waals surface area contributed by atoms with E-state index in [1.165, 1.54) is 12.0 Å². The maximum Gasteiger partial charge on any atom is 0.123 e. The van der Waals surface area contributed by atoms with Crippen molar-refractivity contribution < 1.29 is 4.74 Å². The molecule has 0 bridgehead atoms. The summed E-state index contributed by atoms with van der Waals surface area (Å²) in [5, 5.41) is 0. The van der Waals surface area contributed by atoms with Crippen LogP contribution in [-0.4, -0.2) is 13.2 Å². The van der Waals surface area contributed by atoms with Gasteiger partial charge in [0, 0.05) is 11.0 Å². The number of hydrogen-bond acceptors (Lipinski definition) is 2. The number of rotatable bonds is 1. The first-order valence-corrected chi connectivity index (χ1v) is 5.29. The monoisotopic (exact) mass is 189 g/mol. The summed E-state index contributed by atoms with van der Waals surface area (Å²) in [6, 6.07) is 8.41. The Hall–Kier alpha value is -1.02. The zero-order valence-electron chi connectivity index (χ0n) is 8.20. The minimum atomic E-state index is 0.379. The first-order chi connectivity index (χ1) is 6.87. The summed E-state index contributed by atoms with van der Waals surface area (Å²) < 4.78 is 5.65. The largest absolute Gasteiger partial charge is 0.493 e. The summed E-state index contributed by atoms with van der Waals surface area (Å²) in [6.45, 7) is 1.67. The summed E-state index contributed by atoms with van der Waals surface area (Å²) >= 11 is 0.